The summed E-state index contributed by atoms with van der Waals surface area (Å²) in [5.41, 5.74) is 6.99. The van der Waals surface area contributed by atoms with Gasteiger partial charge in [0.2, 0.25) is 0 Å². The minimum absolute atomic E-state index is 0.382. The average Bonchev–Trinajstić information content (AvgIpc) is 2.06. The SMILES string of the molecule is NC1CN(Cc2ccc(Cl)cc2)C1. The molecule has 0 radical (unpaired) electrons. The Bertz CT molecular complexity index is 277. The minimum Gasteiger partial charge on any atom is -0.325 e. The number of hydrogen-bond acceptors (Lipinski definition) is 2. The van der Waals surface area contributed by atoms with Gasteiger partial charge in [0, 0.05) is 30.7 Å². The topological polar surface area (TPSA) is 29.3 Å². The van der Waals surface area contributed by atoms with Crippen molar-refractivity contribution in [2.75, 3.05) is 13.1 Å². The summed E-state index contributed by atoms with van der Waals surface area (Å²) in [7, 11) is 0. The standard InChI is InChI=1S/C10H13ClN2/c11-9-3-1-8(2-4-9)5-13-6-10(12)7-13/h1-4,10H,5-7,12H2. The van der Waals surface area contributed by atoms with E-state index in [9.17, 15) is 0 Å². The Morgan fingerprint density at radius 2 is 1.92 bits per heavy atom. The van der Waals surface area contributed by atoms with Gasteiger partial charge in [0.25, 0.3) is 0 Å². The van der Waals surface area contributed by atoms with E-state index >= 15 is 0 Å². The lowest BCUT2D eigenvalue weighted by molar-refractivity contribution is 0.142. The van der Waals surface area contributed by atoms with Crippen molar-refractivity contribution >= 4 is 11.6 Å². The molecule has 0 unspecified atom stereocenters. The van der Waals surface area contributed by atoms with Crippen molar-refractivity contribution in [1.82, 2.24) is 4.90 Å². The van der Waals surface area contributed by atoms with Crippen LogP contribution in [0.2, 0.25) is 5.02 Å². The number of benzene rings is 1. The third kappa shape index (κ3) is 2.21. The molecule has 0 amide bonds. The molecule has 3 heteroatoms. The Balaban J connectivity index is 1.91. The molecular weight excluding hydrogens is 184 g/mol. The van der Waals surface area contributed by atoms with Gasteiger partial charge in [0.15, 0.2) is 0 Å². The zero-order valence-electron chi connectivity index (χ0n) is 7.41. The number of nitrogens with two attached hydrogens (primary N) is 1. The molecule has 0 spiro atoms. The maximum absolute atomic E-state index is 5.79. The highest BCUT2D eigenvalue weighted by atomic mass is 35.5. The predicted molar refractivity (Wildman–Crippen MR) is 54.7 cm³/mol. The van der Waals surface area contributed by atoms with E-state index in [1.807, 2.05) is 12.1 Å². The third-order valence-electron chi connectivity index (χ3n) is 2.30. The first kappa shape index (κ1) is 9.00. The second-order valence-corrected chi connectivity index (χ2v) is 4.02. The van der Waals surface area contributed by atoms with Gasteiger partial charge in [-0.2, -0.15) is 0 Å². The summed E-state index contributed by atoms with van der Waals surface area (Å²) in [5, 5.41) is 0.795. The molecule has 1 aliphatic heterocycles. The van der Waals surface area contributed by atoms with Crippen molar-refractivity contribution in [2.24, 2.45) is 5.73 Å². The first-order valence-corrected chi connectivity index (χ1v) is 4.84. The molecule has 70 valence electrons. The first-order valence-electron chi connectivity index (χ1n) is 4.46. The summed E-state index contributed by atoms with van der Waals surface area (Å²) in [6.07, 6.45) is 0. The number of hydrogen-bond donors (Lipinski definition) is 1. The van der Waals surface area contributed by atoms with Gasteiger partial charge < -0.3 is 5.73 Å². The lowest BCUT2D eigenvalue weighted by Crippen LogP contribution is -2.54. The maximum atomic E-state index is 5.79. The van der Waals surface area contributed by atoms with E-state index in [1.54, 1.807) is 0 Å². The monoisotopic (exact) mass is 196 g/mol. The summed E-state index contributed by atoms with van der Waals surface area (Å²) in [6.45, 7) is 3.02. The Morgan fingerprint density at radius 3 is 2.46 bits per heavy atom. The molecule has 1 aromatic carbocycles. The van der Waals surface area contributed by atoms with Crippen LogP contribution in [0.5, 0.6) is 0 Å². The predicted octanol–water partition coefficient (Wildman–Crippen LogP) is 1.48. The largest absolute Gasteiger partial charge is 0.325 e. The second kappa shape index (κ2) is 3.66. The molecule has 2 nitrogen and oxygen atoms in total. The van der Waals surface area contributed by atoms with E-state index in [-0.39, 0.29) is 0 Å². The van der Waals surface area contributed by atoms with Crippen LogP contribution < -0.4 is 5.73 Å². The van der Waals surface area contributed by atoms with Crippen LogP contribution in [0.4, 0.5) is 0 Å². The minimum atomic E-state index is 0.382. The number of nitrogens with zero attached hydrogens (tertiary/aromatic N) is 1. The number of halogens is 1. The van der Waals surface area contributed by atoms with Crippen molar-refractivity contribution in [3.8, 4) is 0 Å². The molecule has 1 heterocycles. The van der Waals surface area contributed by atoms with Crippen LogP contribution >= 0.6 is 11.6 Å². The fourth-order valence-corrected chi connectivity index (χ4v) is 1.71. The Hall–Kier alpha value is -0.570. The highest BCUT2D eigenvalue weighted by Gasteiger charge is 2.22. The van der Waals surface area contributed by atoms with Crippen LogP contribution in [-0.4, -0.2) is 24.0 Å². The van der Waals surface area contributed by atoms with E-state index < -0.39 is 0 Å². The maximum Gasteiger partial charge on any atom is 0.0406 e. The van der Waals surface area contributed by atoms with Gasteiger partial charge in [-0.15, -0.1) is 0 Å². The van der Waals surface area contributed by atoms with Gasteiger partial charge in [-0.3, -0.25) is 4.90 Å². The molecule has 1 fully saturated rings. The quantitative estimate of drug-likeness (QED) is 0.777. The summed E-state index contributed by atoms with van der Waals surface area (Å²) in [5.74, 6) is 0. The Labute approximate surface area is 83.3 Å². The summed E-state index contributed by atoms with van der Waals surface area (Å²) >= 11 is 5.79. The van der Waals surface area contributed by atoms with Crippen molar-refractivity contribution < 1.29 is 0 Å². The molecule has 0 aliphatic carbocycles. The molecule has 0 saturated carbocycles. The normalized spacial score (nSPS) is 18.6. The zero-order chi connectivity index (χ0) is 9.26. The summed E-state index contributed by atoms with van der Waals surface area (Å²) in [6, 6.07) is 8.36. The highest BCUT2D eigenvalue weighted by molar-refractivity contribution is 6.30. The molecule has 1 aliphatic rings. The lowest BCUT2D eigenvalue weighted by atomic mass is 10.1. The summed E-state index contributed by atoms with van der Waals surface area (Å²) < 4.78 is 0. The highest BCUT2D eigenvalue weighted by Crippen LogP contribution is 2.14. The molecule has 0 atom stereocenters. The zero-order valence-corrected chi connectivity index (χ0v) is 8.17. The summed E-state index contributed by atoms with van der Waals surface area (Å²) in [4.78, 5) is 2.33. The molecule has 1 aromatic rings. The van der Waals surface area contributed by atoms with Gasteiger partial charge in [-0.25, -0.2) is 0 Å². The molecule has 2 rings (SSSR count). The lowest BCUT2D eigenvalue weighted by Gasteiger charge is -2.36. The van der Waals surface area contributed by atoms with Crippen LogP contribution in [0.25, 0.3) is 0 Å². The van der Waals surface area contributed by atoms with Crippen molar-refractivity contribution in [3.05, 3.63) is 34.9 Å². The molecular formula is C10H13ClN2. The van der Waals surface area contributed by atoms with Crippen molar-refractivity contribution in [2.45, 2.75) is 12.6 Å². The van der Waals surface area contributed by atoms with Gasteiger partial charge in [0.1, 0.15) is 0 Å². The van der Waals surface area contributed by atoms with E-state index in [0.29, 0.717) is 6.04 Å². The van der Waals surface area contributed by atoms with E-state index in [2.05, 4.69) is 17.0 Å². The third-order valence-corrected chi connectivity index (χ3v) is 2.56. The number of likely N-dealkylation sites (tertiary alicyclic amines) is 1. The smallest absolute Gasteiger partial charge is 0.0406 e. The van der Waals surface area contributed by atoms with E-state index in [4.69, 9.17) is 17.3 Å². The molecule has 0 bridgehead atoms. The second-order valence-electron chi connectivity index (χ2n) is 3.58. The van der Waals surface area contributed by atoms with Gasteiger partial charge >= 0.3 is 0 Å². The van der Waals surface area contributed by atoms with E-state index in [0.717, 1.165) is 24.7 Å². The van der Waals surface area contributed by atoms with Crippen molar-refractivity contribution in [1.29, 1.82) is 0 Å². The Kier molecular flexibility index (Phi) is 2.54. The number of rotatable bonds is 2. The van der Waals surface area contributed by atoms with Crippen LogP contribution in [0, 0.1) is 0 Å². The molecule has 1 saturated heterocycles. The fourth-order valence-electron chi connectivity index (χ4n) is 1.59. The molecule has 0 aromatic heterocycles. The van der Waals surface area contributed by atoms with Gasteiger partial charge in [-0.1, -0.05) is 23.7 Å². The fraction of sp³-hybridized carbons (Fsp3) is 0.400. The molecule has 2 N–H and O–H groups in total. The molecule has 13 heavy (non-hydrogen) atoms. The van der Waals surface area contributed by atoms with Crippen LogP contribution in [0.1, 0.15) is 5.56 Å². The van der Waals surface area contributed by atoms with Crippen LogP contribution in [0.15, 0.2) is 24.3 Å². The first-order chi connectivity index (χ1) is 6.24. The van der Waals surface area contributed by atoms with Gasteiger partial charge in [-0.05, 0) is 17.7 Å². The van der Waals surface area contributed by atoms with Crippen LogP contribution in [-0.2, 0) is 6.54 Å². The Morgan fingerprint density at radius 1 is 1.31 bits per heavy atom. The van der Waals surface area contributed by atoms with Crippen LogP contribution in [0.3, 0.4) is 0 Å². The van der Waals surface area contributed by atoms with Crippen molar-refractivity contribution in [3.63, 3.8) is 0 Å². The van der Waals surface area contributed by atoms with E-state index in [1.165, 1.54) is 5.56 Å². The van der Waals surface area contributed by atoms with Gasteiger partial charge in [0.05, 0.1) is 0 Å². The average molecular weight is 197 g/mol.